The van der Waals surface area contributed by atoms with Gasteiger partial charge in [0.25, 0.3) is 5.89 Å². The molecule has 1 aromatic heterocycles. The van der Waals surface area contributed by atoms with Crippen LogP contribution < -0.4 is 5.32 Å². The van der Waals surface area contributed by atoms with Gasteiger partial charge in [0.15, 0.2) is 0 Å². The molecule has 21 heavy (non-hydrogen) atoms. The van der Waals surface area contributed by atoms with Gasteiger partial charge in [-0.3, -0.25) is 0 Å². The molecule has 0 saturated carbocycles. The third-order valence-electron chi connectivity index (χ3n) is 3.12. The fraction of sp³-hybridized carbons (Fsp3) is 0.385. The molecule has 0 spiro atoms. The first-order valence-electron chi connectivity index (χ1n) is 6.38. The van der Waals surface area contributed by atoms with Gasteiger partial charge in [-0.1, -0.05) is 17.3 Å². The highest BCUT2D eigenvalue weighted by molar-refractivity contribution is 5.59. The lowest BCUT2D eigenvalue weighted by Gasteiger charge is -2.20. The van der Waals surface area contributed by atoms with Gasteiger partial charge in [-0.05, 0) is 12.1 Å². The van der Waals surface area contributed by atoms with E-state index in [-0.39, 0.29) is 17.3 Å². The Morgan fingerprint density at radius 3 is 2.76 bits per heavy atom. The van der Waals surface area contributed by atoms with Gasteiger partial charge in [0.1, 0.15) is 6.10 Å². The molecule has 0 bridgehead atoms. The summed E-state index contributed by atoms with van der Waals surface area (Å²) in [4.78, 5) is 4.04. The minimum absolute atomic E-state index is 0.132. The molecule has 1 aliphatic rings. The van der Waals surface area contributed by atoms with Gasteiger partial charge in [-0.15, -0.1) is 0 Å². The second-order valence-corrected chi connectivity index (χ2v) is 4.56. The van der Waals surface area contributed by atoms with E-state index in [2.05, 4.69) is 15.5 Å². The molecule has 1 N–H and O–H groups in total. The Morgan fingerprint density at radius 1 is 1.24 bits per heavy atom. The number of benzene rings is 1. The number of hydrogen-bond acceptors (Lipinski definition) is 5. The normalized spacial score (nSPS) is 19.7. The summed E-state index contributed by atoms with van der Waals surface area (Å²) in [5.41, 5.74) is -0.935. The van der Waals surface area contributed by atoms with Crippen LogP contribution in [-0.4, -0.2) is 29.8 Å². The van der Waals surface area contributed by atoms with Crippen molar-refractivity contribution in [2.45, 2.75) is 12.3 Å². The lowest BCUT2D eigenvalue weighted by Crippen LogP contribution is -2.33. The van der Waals surface area contributed by atoms with Gasteiger partial charge < -0.3 is 14.6 Å². The van der Waals surface area contributed by atoms with Gasteiger partial charge >= 0.3 is 6.18 Å². The van der Waals surface area contributed by atoms with Crippen LogP contribution in [-0.2, 0) is 10.9 Å². The average Bonchev–Trinajstić information content (AvgIpc) is 2.97. The highest BCUT2D eigenvalue weighted by Gasteiger charge is 2.35. The minimum Gasteiger partial charge on any atom is -0.367 e. The topological polar surface area (TPSA) is 60.2 Å². The third-order valence-corrected chi connectivity index (χ3v) is 3.12. The highest BCUT2D eigenvalue weighted by atomic mass is 19.4. The number of alkyl halides is 3. The van der Waals surface area contributed by atoms with Crippen LogP contribution in [0, 0.1) is 0 Å². The van der Waals surface area contributed by atoms with Crippen molar-refractivity contribution in [2.75, 3.05) is 19.7 Å². The fourth-order valence-electron chi connectivity index (χ4n) is 2.12. The molecule has 5 nitrogen and oxygen atoms in total. The Morgan fingerprint density at radius 2 is 2.05 bits per heavy atom. The van der Waals surface area contributed by atoms with Crippen LogP contribution in [0.1, 0.15) is 17.5 Å². The number of ether oxygens (including phenoxy) is 1. The van der Waals surface area contributed by atoms with Crippen molar-refractivity contribution in [3.05, 3.63) is 35.7 Å². The van der Waals surface area contributed by atoms with Crippen molar-refractivity contribution in [2.24, 2.45) is 0 Å². The number of hydrogen-bond donors (Lipinski definition) is 1. The lowest BCUT2D eigenvalue weighted by molar-refractivity contribution is -0.137. The van der Waals surface area contributed by atoms with Crippen molar-refractivity contribution >= 4 is 0 Å². The van der Waals surface area contributed by atoms with Crippen LogP contribution in [0.5, 0.6) is 0 Å². The zero-order valence-electron chi connectivity index (χ0n) is 10.9. The van der Waals surface area contributed by atoms with Crippen LogP contribution in [0.2, 0.25) is 0 Å². The molecule has 1 saturated heterocycles. The number of morpholine rings is 1. The molecule has 1 unspecified atom stereocenters. The zero-order valence-corrected chi connectivity index (χ0v) is 10.9. The maximum absolute atomic E-state index is 13.0. The Kier molecular flexibility index (Phi) is 3.64. The molecule has 2 aromatic rings. The first-order chi connectivity index (χ1) is 10.1. The Hall–Kier alpha value is -1.93. The SMILES string of the molecule is FC(F)(F)c1ccccc1-c1nc(C2CNCCO2)no1. The monoisotopic (exact) mass is 299 g/mol. The third kappa shape index (κ3) is 2.91. The van der Waals surface area contributed by atoms with Crippen LogP contribution in [0.25, 0.3) is 11.5 Å². The van der Waals surface area contributed by atoms with E-state index >= 15 is 0 Å². The van der Waals surface area contributed by atoms with E-state index in [0.29, 0.717) is 13.2 Å². The predicted molar refractivity (Wildman–Crippen MR) is 66.3 cm³/mol. The summed E-state index contributed by atoms with van der Waals surface area (Å²) in [6, 6.07) is 5.10. The molecule has 1 atom stereocenters. The molecular weight excluding hydrogens is 287 g/mol. The number of nitrogens with zero attached hydrogens (tertiary/aromatic N) is 2. The summed E-state index contributed by atoms with van der Waals surface area (Å²) in [7, 11) is 0. The minimum atomic E-state index is -4.48. The van der Waals surface area contributed by atoms with Gasteiger partial charge in [-0.25, -0.2) is 0 Å². The van der Waals surface area contributed by atoms with Crippen LogP contribution >= 0.6 is 0 Å². The summed E-state index contributed by atoms with van der Waals surface area (Å²) in [5, 5.41) is 6.81. The van der Waals surface area contributed by atoms with Gasteiger partial charge in [-0.2, -0.15) is 18.2 Å². The van der Waals surface area contributed by atoms with E-state index in [0.717, 1.165) is 12.6 Å². The van der Waals surface area contributed by atoms with Crippen LogP contribution in [0.3, 0.4) is 0 Å². The maximum Gasteiger partial charge on any atom is 0.417 e. The Labute approximate surface area is 118 Å². The Balaban J connectivity index is 1.93. The number of rotatable bonds is 2. The predicted octanol–water partition coefficient (Wildman–Crippen LogP) is 2.42. The Bertz CT molecular complexity index is 621. The van der Waals surface area contributed by atoms with Crippen molar-refractivity contribution in [3.8, 4) is 11.5 Å². The average molecular weight is 299 g/mol. The molecule has 2 heterocycles. The van der Waals surface area contributed by atoms with Gasteiger partial charge in [0, 0.05) is 13.1 Å². The summed E-state index contributed by atoms with van der Waals surface area (Å²) in [5.74, 6) is 0.0845. The zero-order chi connectivity index (χ0) is 14.9. The summed E-state index contributed by atoms with van der Waals surface area (Å²) in [6.45, 7) is 1.71. The summed E-state index contributed by atoms with van der Waals surface area (Å²) >= 11 is 0. The van der Waals surface area contributed by atoms with E-state index < -0.39 is 17.8 Å². The first-order valence-corrected chi connectivity index (χ1v) is 6.38. The number of halogens is 3. The largest absolute Gasteiger partial charge is 0.417 e. The lowest BCUT2D eigenvalue weighted by atomic mass is 10.1. The first kappa shape index (κ1) is 14.0. The molecule has 1 aromatic carbocycles. The molecule has 0 amide bonds. The molecule has 0 aliphatic carbocycles. The molecule has 1 aliphatic heterocycles. The van der Waals surface area contributed by atoms with Crippen molar-refractivity contribution in [1.82, 2.24) is 15.5 Å². The van der Waals surface area contributed by atoms with E-state index in [1.54, 1.807) is 0 Å². The summed E-state index contributed by atoms with van der Waals surface area (Å²) in [6.07, 6.45) is -4.89. The molecule has 8 heteroatoms. The van der Waals surface area contributed by atoms with Crippen molar-refractivity contribution < 1.29 is 22.4 Å². The van der Waals surface area contributed by atoms with E-state index in [1.807, 2.05) is 0 Å². The fourth-order valence-corrected chi connectivity index (χ4v) is 2.12. The maximum atomic E-state index is 13.0. The molecular formula is C13H12F3N3O2. The quantitative estimate of drug-likeness (QED) is 0.923. The van der Waals surface area contributed by atoms with Gasteiger partial charge in [0.05, 0.1) is 17.7 Å². The second-order valence-electron chi connectivity index (χ2n) is 4.56. The molecule has 112 valence electrons. The van der Waals surface area contributed by atoms with E-state index in [4.69, 9.17) is 9.26 Å². The second kappa shape index (κ2) is 5.45. The van der Waals surface area contributed by atoms with Crippen LogP contribution in [0.4, 0.5) is 13.2 Å². The summed E-state index contributed by atoms with van der Waals surface area (Å²) < 4.78 is 49.3. The highest BCUT2D eigenvalue weighted by Crippen LogP contribution is 2.36. The van der Waals surface area contributed by atoms with E-state index in [1.165, 1.54) is 18.2 Å². The molecule has 3 rings (SSSR count). The molecule has 0 radical (unpaired) electrons. The van der Waals surface area contributed by atoms with E-state index in [9.17, 15) is 13.2 Å². The smallest absolute Gasteiger partial charge is 0.367 e. The van der Waals surface area contributed by atoms with Crippen molar-refractivity contribution in [1.29, 1.82) is 0 Å². The van der Waals surface area contributed by atoms with Crippen molar-refractivity contribution in [3.63, 3.8) is 0 Å². The number of nitrogens with one attached hydrogen (secondary N) is 1. The van der Waals surface area contributed by atoms with Gasteiger partial charge in [0.2, 0.25) is 5.82 Å². The van der Waals surface area contributed by atoms with Crippen LogP contribution in [0.15, 0.2) is 28.8 Å². The molecule has 1 fully saturated rings. The number of aromatic nitrogens is 2. The standard InChI is InChI=1S/C13H12F3N3O2/c14-13(15,16)9-4-2-1-3-8(9)12-18-11(19-21-12)10-7-17-5-6-20-10/h1-4,10,17H,5-7H2.